The minimum absolute atomic E-state index is 0.963. The monoisotopic (exact) mass is 228 g/mol. The van der Waals surface area contributed by atoms with Crippen molar-refractivity contribution in [3.8, 4) is 0 Å². The van der Waals surface area contributed by atoms with Crippen LogP contribution in [0.15, 0.2) is 30.6 Å². The van der Waals surface area contributed by atoms with Gasteiger partial charge < -0.3 is 9.80 Å². The molecule has 88 valence electrons. The second-order valence-electron chi connectivity index (χ2n) is 4.53. The molecule has 0 saturated carbocycles. The number of nitrogens with zero attached hydrogens (tertiary/aromatic N) is 4. The van der Waals surface area contributed by atoms with Gasteiger partial charge in [0.15, 0.2) is 0 Å². The molecule has 3 rings (SSSR count). The van der Waals surface area contributed by atoms with E-state index in [1.165, 1.54) is 0 Å². The fourth-order valence-electron chi connectivity index (χ4n) is 2.17. The quantitative estimate of drug-likeness (QED) is 0.738. The van der Waals surface area contributed by atoms with Crippen LogP contribution in [0.3, 0.4) is 0 Å². The summed E-state index contributed by atoms with van der Waals surface area (Å²) in [5.74, 6) is 1.07. The van der Waals surface area contributed by atoms with E-state index < -0.39 is 0 Å². The SMILES string of the molecule is CN1CCN(c2cc3cccnc3cn2)CC1. The lowest BCUT2D eigenvalue weighted by molar-refractivity contribution is 0.312. The standard InChI is InChI=1S/C13H16N4/c1-16-5-7-17(8-6-16)13-9-11-3-2-4-14-12(11)10-15-13/h2-4,9-10H,5-8H2,1H3. The molecule has 0 amide bonds. The highest BCUT2D eigenvalue weighted by Gasteiger charge is 2.15. The van der Waals surface area contributed by atoms with Gasteiger partial charge in [-0.3, -0.25) is 4.98 Å². The summed E-state index contributed by atoms with van der Waals surface area (Å²) in [5.41, 5.74) is 0.963. The van der Waals surface area contributed by atoms with Crippen LogP contribution in [0.4, 0.5) is 5.82 Å². The second kappa shape index (κ2) is 4.30. The molecular formula is C13H16N4. The van der Waals surface area contributed by atoms with Gasteiger partial charge in [0.05, 0.1) is 11.7 Å². The number of rotatable bonds is 1. The molecule has 1 saturated heterocycles. The van der Waals surface area contributed by atoms with Crippen LogP contribution in [0, 0.1) is 0 Å². The van der Waals surface area contributed by atoms with E-state index in [1.807, 2.05) is 12.3 Å². The first-order valence-corrected chi connectivity index (χ1v) is 5.97. The molecule has 0 unspecified atom stereocenters. The van der Waals surface area contributed by atoms with Gasteiger partial charge in [0.25, 0.3) is 0 Å². The third-order valence-electron chi connectivity index (χ3n) is 3.30. The Labute approximate surface area is 101 Å². The molecule has 0 bridgehead atoms. The molecule has 0 radical (unpaired) electrons. The van der Waals surface area contributed by atoms with Crippen molar-refractivity contribution in [3.05, 3.63) is 30.6 Å². The van der Waals surface area contributed by atoms with Gasteiger partial charge >= 0.3 is 0 Å². The zero-order chi connectivity index (χ0) is 11.7. The van der Waals surface area contributed by atoms with Crippen LogP contribution in [0.1, 0.15) is 0 Å². The summed E-state index contributed by atoms with van der Waals surface area (Å²) in [7, 11) is 2.16. The van der Waals surface area contributed by atoms with Gasteiger partial charge in [0, 0.05) is 37.8 Å². The Balaban J connectivity index is 1.90. The number of piperazine rings is 1. The second-order valence-corrected chi connectivity index (χ2v) is 4.53. The molecular weight excluding hydrogens is 212 g/mol. The number of pyridine rings is 2. The summed E-state index contributed by atoms with van der Waals surface area (Å²) < 4.78 is 0. The van der Waals surface area contributed by atoms with Crippen LogP contribution in [-0.4, -0.2) is 48.1 Å². The van der Waals surface area contributed by atoms with Crippen molar-refractivity contribution in [1.29, 1.82) is 0 Å². The van der Waals surface area contributed by atoms with Crippen LogP contribution in [-0.2, 0) is 0 Å². The molecule has 0 N–H and O–H groups in total. The Kier molecular flexibility index (Phi) is 2.65. The Bertz CT molecular complexity index is 518. The van der Waals surface area contributed by atoms with Crippen molar-refractivity contribution in [2.45, 2.75) is 0 Å². The highest BCUT2D eigenvalue weighted by atomic mass is 15.3. The summed E-state index contributed by atoms with van der Waals surface area (Å²) in [6.07, 6.45) is 3.67. The van der Waals surface area contributed by atoms with E-state index >= 15 is 0 Å². The smallest absolute Gasteiger partial charge is 0.129 e. The summed E-state index contributed by atoms with van der Waals surface area (Å²) in [6.45, 7) is 4.31. The van der Waals surface area contributed by atoms with Crippen molar-refractivity contribution in [3.63, 3.8) is 0 Å². The van der Waals surface area contributed by atoms with Crippen molar-refractivity contribution < 1.29 is 0 Å². The van der Waals surface area contributed by atoms with E-state index in [1.54, 1.807) is 6.20 Å². The zero-order valence-electron chi connectivity index (χ0n) is 10.0. The molecule has 0 atom stereocenters. The normalized spacial score (nSPS) is 17.6. The first-order valence-electron chi connectivity index (χ1n) is 5.97. The average Bonchev–Trinajstić information content (AvgIpc) is 2.39. The molecule has 1 aliphatic heterocycles. The number of fused-ring (bicyclic) bond motifs is 1. The van der Waals surface area contributed by atoms with E-state index in [4.69, 9.17) is 0 Å². The minimum Gasteiger partial charge on any atom is -0.354 e. The molecule has 2 aromatic heterocycles. The Morgan fingerprint density at radius 2 is 1.94 bits per heavy atom. The van der Waals surface area contributed by atoms with Gasteiger partial charge in [0.2, 0.25) is 0 Å². The van der Waals surface area contributed by atoms with Crippen molar-refractivity contribution >= 4 is 16.7 Å². The van der Waals surface area contributed by atoms with E-state index in [0.717, 1.165) is 42.9 Å². The molecule has 1 fully saturated rings. The van der Waals surface area contributed by atoms with Crippen LogP contribution >= 0.6 is 0 Å². The van der Waals surface area contributed by atoms with E-state index in [2.05, 4.69) is 38.9 Å². The van der Waals surface area contributed by atoms with Gasteiger partial charge in [-0.15, -0.1) is 0 Å². The number of aromatic nitrogens is 2. The van der Waals surface area contributed by atoms with Crippen LogP contribution in [0.25, 0.3) is 10.9 Å². The van der Waals surface area contributed by atoms with E-state index in [9.17, 15) is 0 Å². The largest absolute Gasteiger partial charge is 0.354 e. The summed E-state index contributed by atoms with van der Waals surface area (Å²) in [6, 6.07) is 6.19. The van der Waals surface area contributed by atoms with Crippen molar-refractivity contribution in [1.82, 2.24) is 14.9 Å². The fraction of sp³-hybridized carbons (Fsp3) is 0.385. The zero-order valence-corrected chi connectivity index (χ0v) is 10.0. The van der Waals surface area contributed by atoms with Crippen molar-refractivity contribution in [2.75, 3.05) is 38.1 Å². The lowest BCUT2D eigenvalue weighted by Gasteiger charge is -2.33. The maximum Gasteiger partial charge on any atom is 0.129 e. The molecule has 4 heteroatoms. The van der Waals surface area contributed by atoms with Gasteiger partial charge in [0.1, 0.15) is 5.82 Å². The van der Waals surface area contributed by atoms with Gasteiger partial charge in [-0.1, -0.05) is 6.07 Å². The third kappa shape index (κ3) is 2.08. The molecule has 0 aromatic carbocycles. The predicted octanol–water partition coefficient (Wildman–Crippen LogP) is 1.38. The lowest BCUT2D eigenvalue weighted by Crippen LogP contribution is -2.44. The first kappa shape index (κ1) is 10.5. The summed E-state index contributed by atoms with van der Waals surface area (Å²) in [5, 5.41) is 1.16. The predicted molar refractivity (Wildman–Crippen MR) is 69.2 cm³/mol. The molecule has 0 spiro atoms. The molecule has 3 heterocycles. The molecule has 1 aliphatic rings. The molecule has 2 aromatic rings. The van der Waals surface area contributed by atoms with E-state index in [0.29, 0.717) is 0 Å². The highest BCUT2D eigenvalue weighted by Crippen LogP contribution is 2.18. The van der Waals surface area contributed by atoms with E-state index in [-0.39, 0.29) is 0 Å². The van der Waals surface area contributed by atoms with Crippen molar-refractivity contribution in [2.24, 2.45) is 0 Å². The molecule has 0 aliphatic carbocycles. The topological polar surface area (TPSA) is 32.3 Å². The van der Waals surface area contributed by atoms with Gasteiger partial charge in [-0.2, -0.15) is 0 Å². The highest BCUT2D eigenvalue weighted by molar-refractivity contribution is 5.80. The maximum atomic E-state index is 4.50. The molecule has 17 heavy (non-hydrogen) atoms. The Morgan fingerprint density at radius 1 is 1.12 bits per heavy atom. The number of likely N-dealkylation sites (N-methyl/N-ethyl adjacent to an activating group) is 1. The Morgan fingerprint density at radius 3 is 2.76 bits per heavy atom. The first-order chi connectivity index (χ1) is 8.33. The van der Waals surface area contributed by atoms with Crippen LogP contribution < -0.4 is 4.90 Å². The minimum atomic E-state index is 0.963. The van der Waals surface area contributed by atoms with Gasteiger partial charge in [-0.25, -0.2) is 4.98 Å². The lowest BCUT2D eigenvalue weighted by atomic mass is 10.2. The summed E-state index contributed by atoms with van der Waals surface area (Å²) in [4.78, 5) is 13.5. The Hall–Kier alpha value is -1.68. The van der Waals surface area contributed by atoms with Crippen LogP contribution in [0.2, 0.25) is 0 Å². The van der Waals surface area contributed by atoms with Crippen LogP contribution in [0.5, 0.6) is 0 Å². The third-order valence-corrected chi connectivity index (χ3v) is 3.30. The number of hydrogen-bond donors (Lipinski definition) is 0. The fourth-order valence-corrected chi connectivity index (χ4v) is 2.17. The van der Waals surface area contributed by atoms with Gasteiger partial charge in [-0.05, 0) is 19.2 Å². The summed E-state index contributed by atoms with van der Waals surface area (Å²) >= 11 is 0. The number of hydrogen-bond acceptors (Lipinski definition) is 4. The average molecular weight is 228 g/mol. The molecule has 4 nitrogen and oxygen atoms in total. The number of anilines is 1. The maximum absolute atomic E-state index is 4.50.